The molecule has 0 saturated carbocycles. The fraction of sp³-hybridized carbons (Fsp3) is 0.125. The largest absolute Gasteiger partial charge is 0.299 e. The molecule has 7 heteroatoms. The highest BCUT2D eigenvalue weighted by molar-refractivity contribution is 7.61. The molecule has 0 unspecified atom stereocenters. The first-order chi connectivity index (χ1) is 6.96. The maximum atomic E-state index is 11.2. The van der Waals surface area contributed by atoms with Gasteiger partial charge in [-0.15, -0.1) is 0 Å². The van der Waals surface area contributed by atoms with Crippen LogP contribution >= 0.6 is 18.9 Å². The molecule has 0 aliphatic rings. The van der Waals surface area contributed by atoms with E-state index in [0.717, 1.165) is 15.8 Å². The molecule has 0 aliphatic heterocycles. The van der Waals surface area contributed by atoms with E-state index in [1.54, 1.807) is 0 Å². The van der Waals surface area contributed by atoms with Crippen LogP contribution in [0.15, 0.2) is 18.2 Å². The number of aryl methyl sites for hydroxylation is 1. The fourth-order valence-corrected chi connectivity index (χ4v) is 3.04. The number of para-hydroxylation sites is 1. The molecule has 5 nitrogen and oxygen atoms in total. The second-order valence-corrected chi connectivity index (χ2v) is 5.93. The van der Waals surface area contributed by atoms with Crippen molar-refractivity contribution in [3.05, 3.63) is 23.8 Å². The van der Waals surface area contributed by atoms with Crippen LogP contribution in [0.2, 0.25) is 0 Å². The van der Waals surface area contributed by atoms with Gasteiger partial charge in [0.25, 0.3) is 7.59 Å². The van der Waals surface area contributed by atoms with E-state index >= 15 is 0 Å². The lowest BCUT2D eigenvalue weighted by Crippen LogP contribution is -2.12. The average molecular weight is 242 g/mol. The van der Waals surface area contributed by atoms with Crippen molar-refractivity contribution < 1.29 is 4.57 Å². The van der Waals surface area contributed by atoms with Crippen LogP contribution in [-0.2, 0) is 4.57 Å². The van der Waals surface area contributed by atoms with Crippen LogP contribution in [0.25, 0.3) is 10.2 Å². The third-order valence-electron chi connectivity index (χ3n) is 1.89. The molecule has 0 atom stereocenters. The summed E-state index contributed by atoms with van der Waals surface area (Å²) in [5.41, 5.74) is 12.4. The molecule has 0 amide bonds. The van der Waals surface area contributed by atoms with Gasteiger partial charge < -0.3 is 0 Å². The zero-order valence-corrected chi connectivity index (χ0v) is 9.81. The van der Waals surface area contributed by atoms with Crippen molar-refractivity contribution in [2.45, 2.75) is 6.92 Å². The number of aromatic nitrogens is 1. The van der Waals surface area contributed by atoms with Gasteiger partial charge in [-0.05, 0) is 18.6 Å². The standard InChI is InChI=1S/C8H11N4OPS/c1-5-3-2-4-6-7(5)11-8(15-6)12-14(9,10)13/h2-4H,1H3,(H5,9,10,11,12,13). The van der Waals surface area contributed by atoms with Gasteiger partial charge >= 0.3 is 0 Å². The van der Waals surface area contributed by atoms with Gasteiger partial charge in [0.05, 0.1) is 10.2 Å². The van der Waals surface area contributed by atoms with Gasteiger partial charge in [-0.3, -0.25) is 20.7 Å². The van der Waals surface area contributed by atoms with Gasteiger partial charge in [-0.25, -0.2) is 4.98 Å². The van der Waals surface area contributed by atoms with Crippen molar-refractivity contribution in [1.82, 2.24) is 4.98 Å². The van der Waals surface area contributed by atoms with E-state index in [1.165, 1.54) is 11.3 Å². The predicted molar refractivity (Wildman–Crippen MR) is 64.0 cm³/mol. The summed E-state index contributed by atoms with van der Waals surface area (Å²) in [6, 6.07) is 5.86. The van der Waals surface area contributed by atoms with E-state index in [-0.39, 0.29) is 0 Å². The van der Waals surface area contributed by atoms with Gasteiger partial charge in [0.15, 0.2) is 5.13 Å². The molecule has 2 rings (SSSR count). The normalized spacial score (nSPS) is 11.9. The molecule has 1 aromatic heterocycles. The number of fused-ring (bicyclic) bond motifs is 1. The average Bonchev–Trinajstić information content (AvgIpc) is 2.45. The third kappa shape index (κ3) is 2.35. The number of hydrogen-bond donors (Lipinski definition) is 3. The molecule has 0 radical (unpaired) electrons. The summed E-state index contributed by atoms with van der Waals surface area (Å²) in [6.45, 7) is 1.97. The van der Waals surface area contributed by atoms with Crippen molar-refractivity contribution in [2.75, 3.05) is 5.09 Å². The second kappa shape index (κ2) is 3.57. The molecule has 2 aromatic rings. The van der Waals surface area contributed by atoms with E-state index in [1.807, 2.05) is 25.1 Å². The maximum Gasteiger partial charge on any atom is 0.299 e. The Labute approximate surface area is 91.0 Å². The Morgan fingerprint density at radius 1 is 1.47 bits per heavy atom. The molecule has 0 aliphatic carbocycles. The van der Waals surface area contributed by atoms with Crippen molar-refractivity contribution in [2.24, 2.45) is 11.0 Å². The first-order valence-electron chi connectivity index (χ1n) is 4.27. The Kier molecular flexibility index (Phi) is 2.52. The summed E-state index contributed by atoms with van der Waals surface area (Å²) in [5, 5.41) is 3.01. The van der Waals surface area contributed by atoms with E-state index in [0.29, 0.717) is 5.13 Å². The van der Waals surface area contributed by atoms with Crippen LogP contribution in [0.3, 0.4) is 0 Å². The summed E-state index contributed by atoms with van der Waals surface area (Å²) < 4.78 is 12.2. The minimum Gasteiger partial charge on any atom is -0.289 e. The lowest BCUT2D eigenvalue weighted by atomic mass is 10.2. The SMILES string of the molecule is Cc1cccc2sc(NP(N)(N)=O)nc12. The van der Waals surface area contributed by atoms with Gasteiger partial charge in [0.2, 0.25) is 0 Å². The summed E-state index contributed by atoms with van der Waals surface area (Å²) in [4.78, 5) is 4.27. The van der Waals surface area contributed by atoms with Gasteiger partial charge in [0, 0.05) is 0 Å². The number of rotatable bonds is 2. The van der Waals surface area contributed by atoms with Crippen molar-refractivity contribution in [3.8, 4) is 0 Å². The Hall–Kier alpha value is -0.940. The molecule has 0 saturated heterocycles. The zero-order chi connectivity index (χ0) is 11.1. The topological polar surface area (TPSA) is 94.0 Å². The Morgan fingerprint density at radius 3 is 2.80 bits per heavy atom. The van der Waals surface area contributed by atoms with Crippen LogP contribution in [0.5, 0.6) is 0 Å². The number of nitrogens with two attached hydrogens (primary N) is 2. The molecule has 5 N–H and O–H groups in total. The second-order valence-electron chi connectivity index (χ2n) is 3.26. The quantitative estimate of drug-likeness (QED) is 0.700. The number of nitrogens with zero attached hydrogens (tertiary/aromatic N) is 1. The van der Waals surface area contributed by atoms with E-state index in [9.17, 15) is 4.57 Å². The number of anilines is 1. The predicted octanol–water partition coefficient (Wildman–Crippen LogP) is 2.04. The molecule has 80 valence electrons. The van der Waals surface area contributed by atoms with E-state index in [2.05, 4.69) is 10.1 Å². The third-order valence-corrected chi connectivity index (χ3v) is 3.54. The molecular weight excluding hydrogens is 231 g/mol. The summed E-state index contributed by atoms with van der Waals surface area (Å²) in [7, 11) is -3.26. The van der Waals surface area contributed by atoms with Crippen molar-refractivity contribution in [3.63, 3.8) is 0 Å². The monoisotopic (exact) mass is 242 g/mol. The molecule has 0 fully saturated rings. The Bertz CT molecular complexity index is 547. The highest BCUT2D eigenvalue weighted by atomic mass is 32.1. The number of hydrogen-bond acceptors (Lipinski definition) is 3. The number of nitrogens with one attached hydrogen (secondary N) is 1. The summed E-state index contributed by atoms with van der Waals surface area (Å²) in [5.74, 6) is 0. The number of benzene rings is 1. The van der Waals surface area contributed by atoms with Crippen LogP contribution in [-0.4, -0.2) is 4.98 Å². The minimum absolute atomic E-state index is 0.493. The number of thiazole rings is 1. The molecule has 15 heavy (non-hydrogen) atoms. The first-order valence-corrected chi connectivity index (χ1v) is 6.93. The van der Waals surface area contributed by atoms with Crippen molar-refractivity contribution >= 4 is 34.3 Å². The Morgan fingerprint density at radius 2 is 2.20 bits per heavy atom. The highest BCUT2D eigenvalue weighted by Gasteiger charge is 2.12. The molecule has 0 spiro atoms. The first kappa shape index (κ1) is 10.6. The van der Waals surface area contributed by atoms with Crippen molar-refractivity contribution in [1.29, 1.82) is 0 Å². The van der Waals surface area contributed by atoms with Gasteiger partial charge in [-0.1, -0.05) is 23.5 Å². The molecule has 0 bridgehead atoms. The van der Waals surface area contributed by atoms with Crippen LogP contribution in [0.4, 0.5) is 5.13 Å². The Balaban J connectivity index is 2.48. The van der Waals surface area contributed by atoms with Crippen LogP contribution in [0.1, 0.15) is 5.56 Å². The lowest BCUT2D eigenvalue weighted by molar-refractivity contribution is 0.580. The van der Waals surface area contributed by atoms with Crippen LogP contribution < -0.4 is 16.1 Å². The molecule has 1 aromatic carbocycles. The van der Waals surface area contributed by atoms with E-state index < -0.39 is 7.59 Å². The fourth-order valence-electron chi connectivity index (χ4n) is 1.28. The smallest absolute Gasteiger partial charge is 0.289 e. The summed E-state index contributed by atoms with van der Waals surface area (Å²) >= 11 is 1.38. The van der Waals surface area contributed by atoms with Gasteiger partial charge in [0.1, 0.15) is 0 Å². The molecular formula is C8H11N4OPS. The molecule has 1 heterocycles. The van der Waals surface area contributed by atoms with Gasteiger partial charge in [-0.2, -0.15) is 0 Å². The minimum atomic E-state index is -3.26. The maximum absolute atomic E-state index is 11.2. The zero-order valence-electron chi connectivity index (χ0n) is 8.10. The van der Waals surface area contributed by atoms with Crippen LogP contribution in [0, 0.1) is 6.92 Å². The van der Waals surface area contributed by atoms with E-state index in [4.69, 9.17) is 11.0 Å². The highest BCUT2D eigenvalue weighted by Crippen LogP contribution is 2.34. The lowest BCUT2D eigenvalue weighted by Gasteiger charge is -2.05. The summed E-state index contributed by atoms with van der Waals surface area (Å²) in [6.07, 6.45) is 0.